The molecule has 0 spiro atoms. The number of imide groups is 1. The van der Waals surface area contributed by atoms with Gasteiger partial charge >= 0.3 is 11.9 Å². The van der Waals surface area contributed by atoms with Crippen LogP contribution in [-0.2, 0) is 16.8 Å². The molecule has 2 heterocycles. The molecule has 0 bridgehead atoms. The number of nitrogens with zero attached hydrogens (tertiary/aromatic N) is 3. The first-order valence-electron chi connectivity index (χ1n) is 9.16. The molecule has 1 aliphatic rings. The number of carbonyl (C=O) groups excluding carboxylic acids is 2. The summed E-state index contributed by atoms with van der Waals surface area (Å²) < 4.78 is -0.587. The van der Waals surface area contributed by atoms with E-state index < -0.39 is 15.6 Å². The van der Waals surface area contributed by atoms with Gasteiger partial charge in [0.05, 0.1) is 5.69 Å². The summed E-state index contributed by atoms with van der Waals surface area (Å²) in [7, 11) is 0. The molecule has 1 saturated heterocycles. The van der Waals surface area contributed by atoms with Gasteiger partial charge in [-0.25, -0.2) is 9.78 Å². The van der Waals surface area contributed by atoms with Crippen LogP contribution in [0.25, 0.3) is 0 Å². The molecule has 1 unspecified atom stereocenters. The van der Waals surface area contributed by atoms with Crippen LogP contribution in [0.3, 0.4) is 0 Å². The topological polar surface area (TPSA) is 108 Å². The van der Waals surface area contributed by atoms with Gasteiger partial charge in [-0.2, -0.15) is 4.90 Å². The van der Waals surface area contributed by atoms with Crippen molar-refractivity contribution in [3.63, 3.8) is 0 Å². The molecular weight excluding hydrogens is 392 g/mol. The van der Waals surface area contributed by atoms with E-state index in [4.69, 9.17) is 17.5 Å². The average Bonchev–Trinajstić information content (AvgIpc) is 2.72. The molecule has 3 amide bonds. The minimum atomic E-state index is -1.14. The Morgan fingerprint density at radius 3 is 2.24 bits per heavy atom. The fourth-order valence-electron chi connectivity index (χ4n) is 3.36. The lowest BCUT2D eigenvalue weighted by atomic mass is 9.87. The van der Waals surface area contributed by atoms with Gasteiger partial charge in [0, 0.05) is 25.6 Å². The normalized spacial score (nSPS) is 21.2. The third-order valence-electron chi connectivity index (χ3n) is 5.34. The van der Waals surface area contributed by atoms with Crippen molar-refractivity contribution in [2.24, 2.45) is 0 Å². The van der Waals surface area contributed by atoms with Crippen LogP contribution in [0.1, 0.15) is 45.7 Å². The van der Waals surface area contributed by atoms with Crippen molar-refractivity contribution >= 4 is 35.2 Å². The van der Waals surface area contributed by atoms with Crippen molar-refractivity contribution in [2.45, 2.75) is 52.1 Å². The summed E-state index contributed by atoms with van der Waals surface area (Å²) in [5.74, 6) is 0.00390. The standard InChI is InChI=1S/C21H26ClN4O2.H2O/c1-20(2,3)15-6-8-16(9-7-15)25-18(27)21(4,5)26(22,19(25)28)13-14-10-11-24-17(23)12-14;/h6-12H,13H2,1-5H3,(H2,23,24);1H2/q+1;. The summed E-state index contributed by atoms with van der Waals surface area (Å²) in [6, 6.07) is 10.4. The SMILES string of the molecule is CC(C)(C)c1ccc(N2C(=O)C(C)(C)[N+](Cl)(Cc3ccnc(N)c3)C2=O)cc1.O. The molecule has 3 rings (SSSR count). The predicted molar refractivity (Wildman–Crippen MR) is 114 cm³/mol. The number of quaternary nitrogens is 1. The molecule has 156 valence electrons. The molecule has 0 aliphatic carbocycles. The highest BCUT2D eigenvalue weighted by Gasteiger charge is 2.67. The smallest absolute Gasteiger partial charge is 0.412 e. The summed E-state index contributed by atoms with van der Waals surface area (Å²) in [4.78, 5) is 31.6. The summed E-state index contributed by atoms with van der Waals surface area (Å²) in [6.07, 6.45) is 1.56. The van der Waals surface area contributed by atoms with E-state index in [1.54, 1.807) is 44.3 Å². The monoisotopic (exact) mass is 419 g/mol. The van der Waals surface area contributed by atoms with E-state index in [0.29, 0.717) is 11.5 Å². The van der Waals surface area contributed by atoms with Crippen molar-refractivity contribution in [3.8, 4) is 0 Å². The molecule has 29 heavy (non-hydrogen) atoms. The molecule has 8 heteroatoms. The zero-order chi connectivity index (χ0) is 20.9. The van der Waals surface area contributed by atoms with E-state index >= 15 is 0 Å². The molecule has 2 aromatic rings. The Morgan fingerprint density at radius 2 is 1.72 bits per heavy atom. The Kier molecular flexibility index (Phi) is 5.82. The van der Waals surface area contributed by atoms with Crippen molar-refractivity contribution in [3.05, 3.63) is 53.7 Å². The average molecular weight is 420 g/mol. The Morgan fingerprint density at radius 1 is 1.14 bits per heavy atom. The van der Waals surface area contributed by atoms with Gasteiger partial charge in [0.15, 0.2) is 17.3 Å². The number of anilines is 2. The minimum Gasteiger partial charge on any atom is -0.412 e. The number of amides is 3. The van der Waals surface area contributed by atoms with Gasteiger partial charge in [-0.1, -0.05) is 32.9 Å². The number of benzene rings is 1. The Hall–Kier alpha value is -2.48. The number of rotatable bonds is 3. The van der Waals surface area contributed by atoms with E-state index in [0.717, 1.165) is 11.1 Å². The highest BCUT2D eigenvalue weighted by atomic mass is 35.5. The lowest BCUT2D eigenvalue weighted by Crippen LogP contribution is -2.54. The van der Waals surface area contributed by atoms with Gasteiger partial charge in [-0.15, -0.1) is 4.00 Å². The van der Waals surface area contributed by atoms with Gasteiger partial charge in [0.1, 0.15) is 12.4 Å². The fourth-order valence-corrected chi connectivity index (χ4v) is 3.64. The first kappa shape index (κ1) is 22.8. The Labute approximate surface area is 176 Å². The maximum atomic E-state index is 13.3. The van der Waals surface area contributed by atoms with Crippen LogP contribution in [-0.4, -0.2) is 31.9 Å². The van der Waals surface area contributed by atoms with Gasteiger partial charge < -0.3 is 11.2 Å². The Bertz CT molecular complexity index is 938. The summed E-state index contributed by atoms with van der Waals surface area (Å²) >= 11 is 6.81. The second-order valence-corrected chi connectivity index (χ2v) is 9.32. The van der Waals surface area contributed by atoms with Gasteiger partial charge in [0.25, 0.3) is 0 Å². The van der Waals surface area contributed by atoms with Crippen LogP contribution in [0.2, 0.25) is 0 Å². The van der Waals surface area contributed by atoms with Crippen molar-refractivity contribution in [1.82, 2.24) is 4.98 Å². The number of pyridine rings is 1. The van der Waals surface area contributed by atoms with E-state index in [1.165, 1.54) is 4.90 Å². The predicted octanol–water partition coefficient (Wildman–Crippen LogP) is 3.55. The second-order valence-electron chi connectivity index (χ2n) is 8.74. The molecule has 1 fully saturated rings. The molecule has 0 radical (unpaired) electrons. The molecule has 7 nitrogen and oxygen atoms in total. The van der Waals surface area contributed by atoms with Crippen molar-refractivity contribution in [2.75, 3.05) is 10.6 Å². The van der Waals surface area contributed by atoms with E-state index in [1.807, 2.05) is 12.1 Å². The highest BCUT2D eigenvalue weighted by molar-refractivity contribution is 6.27. The molecule has 1 aliphatic heterocycles. The lowest BCUT2D eigenvalue weighted by Gasteiger charge is -2.30. The Balaban J connectivity index is 0.00000300. The van der Waals surface area contributed by atoms with E-state index in [9.17, 15) is 9.59 Å². The van der Waals surface area contributed by atoms with Crippen LogP contribution >= 0.6 is 11.8 Å². The third kappa shape index (κ3) is 3.73. The fraction of sp³-hybridized carbons (Fsp3) is 0.381. The molecule has 1 aromatic carbocycles. The number of carbonyl (C=O) groups is 2. The second kappa shape index (κ2) is 7.40. The number of nitrogen functional groups attached to an aromatic ring is 1. The van der Waals surface area contributed by atoms with Gasteiger partial charge in [-0.3, -0.25) is 4.79 Å². The third-order valence-corrected chi connectivity index (χ3v) is 6.03. The summed E-state index contributed by atoms with van der Waals surface area (Å²) in [5.41, 5.74) is 6.96. The first-order valence-corrected chi connectivity index (χ1v) is 9.49. The van der Waals surface area contributed by atoms with Crippen molar-refractivity contribution < 1.29 is 19.1 Å². The van der Waals surface area contributed by atoms with Crippen LogP contribution < -0.4 is 10.6 Å². The maximum Gasteiger partial charge on any atom is 0.449 e. The molecule has 1 aromatic heterocycles. The van der Waals surface area contributed by atoms with Gasteiger partial charge in [-0.05, 0) is 35.2 Å². The number of urea groups is 1. The summed E-state index contributed by atoms with van der Waals surface area (Å²) in [5, 5.41) is 0. The number of hydrogen-bond acceptors (Lipinski definition) is 4. The van der Waals surface area contributed by atoms with Crippen LogP contribution in [0.4, 0.5) is 16.3 Å². The van der Waals surface area contributed by atoms with E-state index in [2.05, 4.69) is 25.8 Å². The minimum absolute atomic E-state index is 0. The lowest BCUT2D eigenvalue weighted by molar-refractivity contribution is -0.781. The molecule has 1 atom stereocenters. The number of nitrogens with two attached hydrogens (primary N) is 1. The highest BCUT2D eigenvalue weighted by Crippen LogP contribution is 2.43. The summed E-state index contributed by atoms with van der Waals surface area (Å²) in [6.45, 7) is 9.83. The quantitative estimate of drug-likeness (QED) is 0.606. The maximum absolute atomic E-state index is 13.3. The van der Waals surface area contributed by atoms with Crippen LogP contribution in [0.5, 0.6) is 0 Å². The molecular formula is C21H28ClN4O3+. The van der Waals surface area contributed by atoms with Crippen molar-refractivity contribution in [1.29, 1.82) is 0 Å². The number of hydrogen-bond donors (Lipinski definition) is 1. The van der Waals surface area contributed by atoms with Crippen LogP contribution in [0, 0.1) is 0 Å². The largest absolute Gasteiger partial charge is 0.449 e. The zero-order valence-electron chi connectivity index (χ0n) is 17.4. The molecule has 4 N–H and O–H groups in total. The van der Waals surface area contributed by atoms with Crippen LogP contribution in [0.15, 0.2) is 42.6 Å². The number of aromatic nitrogens is 1. The molecule has 0 saturated carbocycles. The van der Waals surface area contributed by atoms with E-state index in [-0.39, 0.29) is 23.3 Å². The van der Waals surface area contributed by atoms with Gasteiger partial charge in [0.2, 0.25) is 0 Å². The zero-order valence-corrected chi connectivity index (χ0v) is 18.1. The number of halogens is 1. The first-order chi connectivity index (χ1) is 12.9.